The van der Waals surface area contributed by atoms with Crippen LogP contribution in [0.3, 0.4) is 0 Å². The second-order valence-electron chi connectivity index (χ2n) is 6.09. The molecule has 5 nitrogen and oxygen atoms in total. The van der Waals surface area contributed by atoms with Gasteiger partial charge < -0.3 is 9.84 Å². The largest absolute Gasteiger partial charge is 0.491 e. The molecule has 134 valence electrons. The number of hydrogen-bond donors (Lipinski definition) is 1. The predicted octanol–water partition coefficient (Wildman–Crippen LogP) is 2.93. The molecule has 0 saturated heterocycles. The van der Waals surface area contributed by atoms with Gasteiger partial charge in [0.25, 0.3) is 10.0 Å². The Morgan fingerprint density at radius 2 is 1.73 bits per heavy atom. The van der Waals surface area contributed by atoms with E-state index in [4.69, 9.17) is 4.74 Å². The second-order valence-corrected chi connectivity index (χ2v) is 7.92. The molecule has 0 radical (unpaired) electrons. The topological polar surface area (TPSA) is 66.8 Å². The smallest absolute Gasteiger partial charge is 0.265 e. The Labute approximate surface area is 150 Å². The van der Waals surface area contributed by atoms with Crippen LogP contribution in [0.4, 0.5) is 10.1 Å². The Hall–Kier alpha value is -2.64. The number of aliphatic hydroxyl groups is 1. The lowest BCUT2D eigenvalue weighted by Crippen LogP contribution is -2.37. The van der Waals surface area contributed by atoms with E-state index in [0.29, 0.717) is 16.8 Å². The van der Waals surface area contributed by atoms with Crippen LogP contribution in [-0.4, -0.2) is 32.8 Å². The Balaban J connectivity index is 1.55. The molecule has 1 atom stereocenters. The van der Waals surface area contributed by atoms with Crippen LogP contribution in [0, 0.1) is 5.82 Å². The van der Waals surface area contributed by atoms with Crippen LogP contribution in [0.1, 0.15) is 0 Å². The van der Waals surface area contributed by atoms with Gasteiger partial charge in [-0.15, -0.1) is 0 Å². The molecule has 0 aliphatic carbocycles. The lowest BCUT2D eigenvalue weighted by Gasteiger charge is -2.22. The van der Waals surface area contributed by atoms with E-state index in [1.807, 2.05) is 12.1 Å². The highest BCUT2D eigenvalue weighted by molar-refractivity contribution is 7.93. The summed E-state index contributed by atoms with van der Waals surface area (Å²) in [7, 11) is -3.71. The van der Waals surface area contributed by atoms with Crippen LogP contribution >= 0.6 is 0 Å². The number of sulfonamides is 1. The maximum absolute atomic E-state index is 12.9. The van der Waals surface area contributed by atoms with Crippen molar-refractivity contribution in [2.75, 3.05) is 17.5 Å². The number of benzene rings is 3. The van der Waals surface area contributed by atoms with E-state index < -0.39 is 16.1 Å². The van der Waals surface area contributed by atoms with Crippen LogP contribution in [-0.2, 0) is 10.0 Å². The molecule has 1 aliphatic heterocycles. The van der Waals surface area contributed by atoms with Crippen molar-refractivity contribution >= 4 is 26.5 Å². The molecule has 1 heterocycles. The molecule has 26 heavy (non-hydrogen) atoms. The lowest BCUT2D eigenvalue weighted by atomic mass is 10.1. The van der Waals surface area contributed by atoms with Gasteiger partial charge in [-0.1, -0.05) is 24.3 Å². The van der Waals surface area contributed by atoms with E-state index in [0.717, 1.165) is 5.39 Å². The van der Waals surface area contributed by atoms with Crippen LogP contribution in [0.5, 0.6) is 5.75 Å². The Bertz CT molecular complexity index is 1060. The standard InChI is InChI=1S/C19H16FNO4S/c20-14-7-9-16(10-8-14)25-12-15(22)11-21-17-5-1-3-13-4-2-6-18(19(13)17)26(21,23)24/h1-10,15,22H,11-12H2. The minimum Gasteiger partial charge on any atom is -0.491 e. The number of nitrogens with zero attached hydrogens (tertiary/aromatic N) is 1. The van der Waals surface area contributed by atoms with E-state index in [1.165, 1.54) is 28.6 Å². The fourth-order valence-electron chi connectivity index (χ4n) is 3.12. The van der Waals surface area contributed by atoms with Crippen molar-refractivity contribution in [3.05, 3.63) is 66.5 Å². The minimum atomic E-state index is -3.71. The maximum atomic E-state index is 12.9. The average Bonchev–Trinajstić information content (AvgIpc) is 2.85. The van der Waals surface area contributed by atoms with Gasteiger partial charge in [0, 0.05) is 5.39 Å². The van der Waals surface area contributed by atoms with Gasteiger partial charge in [-0.25, -0.2) is 12.8 Å². The molecule has 0 amide bonds. The molecule has 1 N–H and O–H groups in total. The number of ether oxygens (including phenoxy) is 1. The van der Waals surface area contributed by atoms with Gasteiger partial charge in [0.1, 0.15) is 24.3 Å². The first-order chi connectivity index (χ1) is 12.5. The zero-order valence-electron chi connectivity index (χ0n) is 13.7. The quantitative estimate of drug-likeness (QED) is 0.747. The first kappa shape index (κ1) is 16.8. The SMILES string of the molecule is O=S1(=O)c2cccc3cccc(c23)N1CC(O)COc1ccc(F)cc1. The Kier molecular flexibility index (Phi) is 4.05. The van der Waals surface area contributed by atoms with E-state index in [1.54, 1.807) is 24.3 Å². The van der Waals surface area contributed by atoms with E-state index >= 15 is 0 Å². The molecular formula is C19H16FNO4S. The van der Waals surface area contributed by atoms with E-state index in [9.17, 15) is 17.9 Å². The molecule has 0 saturated carbocycles. The van der Waals surface area contributed by atoms with Gasteiger partial charge in [-0.2, -0.15) is 0 Å². The summed E-state index contributed by atoms with van der Waals surface area (Å²) in [6.45, 7) is -0.235. The minimum absolute atomic E-state index is 0.107. The van der Waals surface area contributed by atoms with Crippen molar-refractivity contribution in [1.29, 1.82) is 0 Å². The van der Waals surface area contributed by atoms with Crippen LogP contribution in [0.25, 0.3) is 10.8 Å². The number of aliphatic hydroxyl groups excluding tert-OH is 1. The van der Waals surface area contributed by atoms with Gasteiger partial charge in [-0.3, -0.25) is 4.31 Å². The molecule has 3 aromatic rings. The molecule has 4 rings (SSSR count). The number of rotatable bonds is 5. The summed E-state index contributed by atoms with van der Waals surface area (Å²) >= 11 is 0. The first-order valence-electron chi connectivity index (χ1n) is 8.08. The molecule has 0 bridgehead atoms. The summed E-state index contributed by atoms with van der Waals surface area (Å²) in [5.41, 5.74) is 0.555. The highest BCUT2D eigenvalue weighted by Gasteiger charge is 2.36. The zero-order chi connectivity index (χ0) is 18.3. The van der Waals surface area contributed by atoms with Gasteiger partial charge in [0.2, 0.25) is 0 Å². The monoisotopic (exact) mass is 373 g/mol. The molecule has 1 unspecified atom stereocenters. The molecule has 7 heteroatoms. The molecule has 0 aromatic heterocycles. The maximum Gasteiger partial charge on any atom is 0.265 e. The number of hydrogen-bond acceptors (Lipinski definition) is 4. The highest BCUT2D eigenvalue weighted by atomic mass is 32.2. The van der Waals surface area contributed by atoms with Gasteiger partial charge in [0.15, 0.2) is 0 Å². The van der Waals surface area contributed by atoms with Crippen LogP contribution in [0.15, 0.2) is 65.6 Å². The first-order valence-corrected chi connectivity index (χ1v) is 9.52. The molecule has 0 spiro atoms. The average molecular weight is 373 g/mol. The zero-order valence-corrected chi connectivity index (χ0v) is 14.5. The number of halogens is 1. The van der Waals surface area contributed by atoms with Gasteiger partial charge in [-0.05, 0) is 41.8 Å². The summed E-state index contributed by atoms with van der Waals surface area (Å²) in [4.78, 5) is 0.247. The molecule has 1 aliphatic rings. The second kappa shape index (κ2) is 6.26. The van der Waals surface area contributed by atoms with E-state index in [-0.39, 0.29) is 23.9 Å². The highest BCUT2D eigenvalue weighted by Crippen LogP contribution is 2.41. The molecule has 3 aromatic carbocycles. The van der Waals surface area contributed by atoms with Crippen molar-refractivity contribution in [3.63, 3.8) is 0 Å². The van der Waals surface area contributed by atoms with Crippen molar-refractivity contribution in [2.45, 2.75) is 11.0 Å². The summed E-state index contributed by atoms with van der Waals surface area (Å²) < 4.78 is 45.2. The Morgan fingerprint density at radius 1 is 1.04 bits per heavy atom. The summed E-state index contributed by atoms with van der Waals surface area (Å²) in [5, 5.41) is 11.8. The predicted molar refractivity (Wildman–Crippen MR) is 96.4 cm³/mol. The molecule has 0 fully saturated rings. The van der Waals surface area contributed by atoms with Crippen molar-refractivity contribution < 1.29 is 22.7 Å². The molecular weight excluding hydrogens is 357 g/mol. The fraction of sp³-hybridized carbons (Fsp3) is 0.158. The van der Waals surface area contributed by atoms with E-state index in [2.05, 4.69) is 0 Å². The van der Waals surface area contributed by atoms with Crippen molar-refractivity contribution in [1.82, 2.24) is 0 Å². The number of anilines is 1. The van der Waals surface area contributed by atoms with Crippen LogP contribution in [0.2, 0.25) is 0 Å². The summed E-state index contributed by atoms with van der Waals surface area (Å²) in [6, 6.07) is 15.9. The van der Waals surface area contributed by atoms with Crippen LogP contribution < -0.4 is 9.04 Å². The van der Waals surface area contributed by atoms with Gasteiger partial charge in [0.05, 0.1) is 17.1 Å². The Morgan fingerprint density at radius 3 is 2.46 bits per heavy atom. The van der Waals surface area contributed by atoms with Crippen molar-refractivity contribution in [3.8, 4) is 5.75 Å². The number of β-amino-alcohol motifs (C(OH)–C–C–N with tert-alkyl or cyclic N) is 1. The van der Waals surface area contributed by atoms with Crippen molar-refractivity contribution in [2.24, 2.45) is 0 Å². The third kappa shape index (κ3) is 2.79. The third-order valence-corrected chi connectivity index (χ3v) is 6.14. The lowest BCUT2D eigenvalue weighted by molar-refractivity contribution is 0.115. The third-order valence-electron chi connectivity index (χ3n) is 4.31. The fourth-order valence-corrected chi connectivity index (χ4v) is 4.87. The normalized spacial score (nSPS) is 16.0. The summed E-state index contributed by atoms with van der Waals surface area (Å²) in [6.07, 6.45) is -1.04. The summed E-state index contributed by atoms with van der Waals surface area (Å²) in [5.74, 6) is 0.0204. The van der Waals surface area contributed by atoms with Gasteiger partial charge >= 0.3 is 0 Å².